The lowest BCUT2D eigenvalue weighted by Gasteiger charge is -2.19. The van der Waals surface area contributed by atoms with Crippen molar-refractivity contribution in [3.05, 3.63) is 162 Å². The van der Waals surface area contributed by atoms with Gasteiger partial charge in [-0.2, -0.15) is 0 Å². The van der Waals surface area contributed by atoms with Crippen LogP contribution >= 0.6 is 0 Å². The number of hydrogen-bond acceptors (Lipinski definition) is 0. The molecule has 5 aromatic carbocycles. The second kappa shape index (κ2) is 11.0. The van der Waals surface area contributed by atoms with Crippen LogP contribution in [0.4, 0.5) is 0 Å². The van der Waals surface area contributed by atoms with E-state index in [9.17, 15) is 0 Å². The average molecular weight is 501 g/mol. The lowest BCUT2D eigenvalue weighted by molar-refractivity contribution is 1.39. The average Bonchev–Trinajstić information content (AvgIpc) is 3.28. The Kier molecular flexibility index (Phi) is 6.93. The molecule has 0 nitrogen and oxygen atoms in total. The van der Waals surface area contributed by atoms with Crippen LogP contribution in [0.5, 0.6) is 0 Å². The molecule has 1 aliphatic carbocycles. The van der Waals surface area contributed by atoms with Gasteiger partial charge in [0.15, 0.2) is 0 Å². The van der Waals surface area contributed by atoms with Crippen molar-refractivity contribution in [2.24, 2.45) is 0 Å². The Bertz CT molecular complexity index is 1640. The maximum atomic E-state index is 2.38. The summed E-state index contributed by atoms with van der Waals surface area (Å²) in [5.41, 5.74) is 15.1. The number of allylic oxidation sites excluding steroid dienone is 6. The summed E-state index contributed by atoms with van der Waals surface area (Å²) < 4.78 is 0. The molecule has 0 radical (unpaired) electrons. The molecule has 0 aromatic heterocycles. The van der Waals surface area contributed by atoms with Gasteiger partial charge in [0.25, 0.3) is 0 Å². The van der Waals surface area contributed by atoms with E-state index in [4.69, 9.17) is 0 Å². The van der Waals surface area contributed by atoms with Crippen molar-refractivity contribution in [3.63, 3.8) is 0 Å². The van der Waals surface area contributed by atoms with Crippen molar-refractivity contribution in [2.45, 2.75) is 20.3 Å². The predicted octanol–water partition coefficient (Wildman–Crippen LogP) is 10.9. The quantitative estimate of drug-likeness (QED) is 0.225. The molecule has 0 aliphatic heterocycles. The van der Waals surface area contributed by atoms with Gasteiger partial charge in [0.05, 0.1) is 0 Å². The van der Waals surface area contributed by atoms with Crippen LogP contribution in [0.15, 0.2) is 146 Å². The van der Waals surface area contributed by atoms with Crippen LogP contribution in [0.2, 0.25) is 0 Å². The zero-order chi connectivity index (χ0) is 26.6. The van der Waals surface area contributed by atoms with Gasteiger partial charge in [-0.3, -0.25) is 0 Å². The van der Waals surface area contributed by atoms with Crippen molar-refractivity contribution < 1.29 is 0 Å². The molecule has 0 amide bonds. The Labute approximate surface area is 232 Å². The number of rotatable bonds is 5. The van der Waals surface area contributed by atoms with Gasteiger partial charge in [-0.25, -0.2) is 0 Å². The molecule has 0 heteroatoms. The number of benzene rings is 5. The molecule has 0 saturated heterocycles. The molecule has 0 fully saturated rings. The van der Waals surface area contributed by atoms with Crippen molar-refractivity contribution in [2.75, 3.05) is 0 Å². The molecule has 0 unspecified atom stereocenters. The molecule has 188 valence electrons. The Hall–Kier alpha value is -4.68. The summed E-state index contributed by atoms with van der Waals surface area (Å²) in [6, 6.07) is 41.8. The molecule has 5 aromatic rings. The highest BCUT2D eigenvalue weighted by atomic mass is 14.2. The molecule has 0 heterocycles. The largest absolute Gasteiger partial charge is 0.0807 e. The Morgan fingerprint density at radius 2 is 0.846 bits per heavy atom. The van der Waals surface area contributed by atoms with E-state index < -0.39 is 0 Å². The van der Waals surface area contributed by atoms with Crippen LogP contribution in [-0.4, -0.2) is 0 Å². The molecule has 0 atom stereocenters. The fourth-order valence-corrected chi connectivity index (χ4v) is 5.57. The van der Waals surface area contributed by atoms with Crippen LogP contribution in [-0.2, 0) is 0 Å². The van der Waals surface area contributed by atoms with Crippen molar-refractivity contribution in [1.82, 2.24) is 0 Å². The fraction of sp³-hybridized carbons (Fsp3) is 0.0769. The van der Waals surface area contributed by atoms with E-state index in [2.05, 4.69) is 159 Å². The second-order valence-corrected chi connectivity index (χ2v) is 10.2. The highest BCUT2D eigenvalue weighted by molar-refractivity contribution is 5.90. The summed E-state index contributed by atoms with van der Waals surface area (Å²) in [5, 5.41) is 0. The van der Waals surface area contributed by atoms with E-state index in [-0.39, 0.29) is 0 Å². The lowest BCUT2D eigenvalue weighted by Crippen LogP contribution is -1.96. The van der Waals surface area contributed by atoms with Crippen LogP contribution in [0.1, 0.15) is 23.1 Å². The highest BCUT2D eigenvalue weighted by Crippen LogP contribution is 2.40. The SMILES string of the molecule is Cc1c(C2=CC=CCC=C2)cc(-c2cc(-c3ccccc3)c(C)c(-c3ccccc3)c2)cc1-c1ccccc1. The van der Waals surface area contributed by atoms with Gasteiger partial charge in [-0.15, -0.1) is 0 Å². The minimum absolute atomic E-state index is 0.961. The van der Waals surface area contributed by atoms with Crippen molar-refractivity contribution in [1.29, 1.82) is 0 Å². The first-order valence-corrected chi connectivity index (χ1v) is 13.7. The first-order valence-electron chi connectivity index (χ1n) is 13.7. The summed E-state index contributed by atoms with van der Waals surface area (Å²) >= 11 is 0. The third-order valence-electron chi connectivity index (χ3n) is 7.70. The van der Waals surface area contributed by atoms with E-state index in [1.807, 2.05) is 0 Å². The van der Waals surface area contributed by atoms with Gasteiger partial charge in [0, 0.05) is 0 Å². The van der Waals surface area contributed by atoms with Crippen molar-refractivity contribution in [3.8, 4) is 44.5 Å². The lowest BCUT2D eigenvalue weighted by atomic mass is 9.85. The van der Waals surface area contributed by atoms with Crippen molar-refractivity contribution >= 4 is 5.57 Å². The Balaban J connectivity index is 1.63. The summed E-state index contributed by atoms with van der Waals surface area (Å²) in [7, 11) is 0. The third kappa shape index (κ3) is 5.07. The first-order chi connectivity index (χ1) is 19.2. The molecule has 0 bridgehead atoms. The normalized spacial score (nSPS) is 12.7. The minimum atomic E-state index is 0.961. The molecule has 0 saturated carbocycles. The zero-order valence-corrected chi connectivity index (χ0v) is 22.6. The van der Waals surface area contributed by atoms with Gasteiger partial charge in [-0.1, -0.05) is 121 Å². The van der Waals surface area contributed by atoms with E-state index >= 15 is 0 Å². The van der Waals surface area contributed by atoms with Gasteiger partial charge in [-0.05, 0) is 111 Å². The monoisotopic (exact) mass is 500 g/mol. The fourth-order valence-electron chi connectivity index (χ4n) is 5.57. The second-order valence-electron chi connectivity index (χ2n) is 10.2. The summed E-state index contributed by atoms with van der Waals surface area (Å²) in [5.74, 6) is 0. The van der Waals surface area contributed by atoms with E-state index in [0.717, 1.165) is 6.42 Å². The minimum Gasteiger partial charge on any atom is -0.0807 e. The topological polar surface area (TPSA) is 0 Å². The maximum absolute atomic E-state index is 2.38. The van der Waals surface area contributed by atoms with Gasteiger partial charge >= 0.3 is 0 Å². The molecule has 6 rings (SSSR count). The molecule has 0 N–H and O–H groups in total. The standard InChI is InChI=1S/C39H32/c1-28-36(30-16-8-3-4-9-17-30)24-34(25-37(28)31-18-10-5-11-19-31)35-26-38(32-20-12-6-13-21-32)29(2)39(27-35)33-22-14-7-15-23-33/h3,5-27H,4H2,1-2H3. The summed E-state index contributed by atoms with van der Waals surface area (Å²) in [6.45, 7) is 4.50. The van der Waals surface area contributed by atoms with E-state index in [0.29, 0.717) is 0 Å². The zero-order valence-electron chi connectivity index (χ0n) is 22.6. The van der Waals surface area contributed by atoms with Crippen LogP contribution in [0.3, 0.4) is 0 Å². The van der Waals surface area contributed by atoms with Crippen LogP contribution in [0, 0.1) is 13.8 Å². The maximum Gasteiger partial charge on any atom is -0.0142 e. The van der Waals surface area contributed by atoms with E-state index in [1.54, 1.807) is 0 Å². The molecule has 0 spiro atoms. The molecular formula is C39H32. The summed E-state index contributed by atoms with van der Waals surface area (Å²) in [4.78, 5) is 0. The Morgan fingerprint density at radius 1 is 0.436 bits per heavy atom. The first kappa shape index (κ1) is 24.6. The summed E-state index contributed by atoms with van der Waals surface area (Å²) in [6.07, 6.45) is 12.1. The third-order valence-corrected chi connectivity index (χ3v) is 7.70. The van der Waals surface area contributed by atoms with Crippen LogP contribution in [0.25, 0.3) is 50.1 Å². The van der Waals surface area contributed by atoms with Gasteiger partial charge in [0.1, 0.15) is 0 Å². The number of hydrogen-bond donors (Lipinski definition) is 0. The predicted molar refractivity (Wildman–Crippen MR) is 169 cm³/mol. The molecular weight excluding hydrogens is 468 g/mol. The van der Waals surface area contributed by atoms with Gasteiger partial charge < -0.3 is 0 Å². The smallest absolute Gasteiger partial charge is 0.0142 e. The molecule has 39 heavy (non-hydrogen) atoms. The van der Waals surface area contributed by atoms with E-state index in [1.165, 1.54) is 66.8 Å². The Morgan fingerprint density at radius 3 is 1.31 bits per heavy atom. The van der Waals surface area contributed by atoms with Crippen LogP contribution < -0.4 is 0 Å². The molecule has 1 aliphatic rings. The highest BCUT2D eigenvalue weighted by Gasteiger charge is 2.16. The van der Waals surface area contributed by atoms with Gasteiger partial charge in [0.2, 0.25) is 0 Å².